The van der Waals surface area contributed by atoms with Gasteiger partial charge >= 0.3 is 6.09 Å². The van der Waals surface area contributed by atoms with E-state index in [1.54, 1.807) is 11.1 Å². The van der Waals surface area contributed by atoms with Crippen LogP contribution in [-0.2, 0) is 11.2 Å². The third kappa shape index (κ3) is 2.17. The summed E-state index contributed by atoms with van der Waals surface area (Å²) in [4.78, 5) is 18.2. The number of hydrogen-bond donors (Lipinski definition) is 1. The first-order chi connectivity index (χ1) is 12.7. The number of rotatable bonds is 3. The lowest BCUT2D eigenvalue weighted by Crippen LogP contribution is -2.37. The molecule has 5 rings (SSSR count). The number of nitrogens with two attached hydrogens (primary N) is 1. The first kappa shape index (κ1) is 15.0. The van der Waals surface area contributed by atoms with Gasteiger partial charge in [0.25, 0.3) is 0 Å². The number of benzene rings is 1. The fourth-order valence-corrected chi connectivity index (χ4v) is 3.62. The summed E-state index contributed by atoms with van der Waals surface area (Å²) >= 11 is 0. The second-order valence-corrected chi connectivity index (χ2v) is 6.30. The normalized spacial score (nSPS) is 20.8. The second kappa shape index (κ2) is 5.60. The van der Waals surface area contributed by atoms with Crippen LogP contribution in [-0.4, -0.2) is 50.0 Å². The Morgan fingerprint density at radius 2 is 2.12 bits per heavy atom. The van der Waals surface area contributed by atoms with Crippen LogP contribution >= 0.6 is 0 Å². The molecule has 0 radical (unpaired) electrons. The average Bonchev–Trinajstić information content (AvgIpc) is 3.38. The van der Waals surface area contributed by atoms with E-state index in [1.807, 2.05) is 24.3 Å². The molecule has 130 valence electrons. The summed E-state index contributed by atoms with van der Waals surface area (Å²) in [5.74, 6) is 0.647. The molecule has 1 amide bonds. The Balaban J connectivity index is 1.46. The van der Waals surface area contributed by atoms with Gasteiger partial charge in [-0.25, -0.2) is 9.78 Å². The van der Waals surface area contributed by atoms with Gasteiger partial charge in [-0.1, -0.05) is 6.07 Å². The molecule has 2 atom stereocenters. The molecule has 1 aromatic carbocycles. The van der Waals surface area contributed by atoms with Gasteiger partial charge in [0.2, 0.25) is 0 Å². The van der Waals surface area contributed by atoms with E-state index in [2.05, 4.69) is 26.6 Å². The predicted molar refractivity (Wildman–Crippen MR) is 91.7 cm³/mol. The van der Waals surface area contributed by atoms with Crippen molar-refractivity contribution in [2.75, 3.05) is 11.4 Å². The quantitative estimate of drug-likeness (QED) is 0.748. The molecule has 1 saturated heterocycles. The maximum absolute atomic E-state index is 12.1. The largest absolute Gasteiger partial charge is 0.442 e. The lowest BCUT2D eigenvalue weighted by molar-refractivity contribution is 0.135. The van der Waals surface area contributed by atoms with Gasteiger partial charge < -0.3 is 10.5 Å². The van der Waals surface area contributed by atoms with Gasteiger partial charge in [-0.3, -0.25) is 4.90 Å². The first-order valence-electron chi connectivity index (χ1n) is 8.27. The number of amides is 1. The number of pyridine rings is 1. The van der Waals surface area contributed by atoms with Crippen LogP contribution in [0.15, 0.2) is 42.9 Å². The number of aromatic nitrogens is 5. The Labute approximate surface area is 148 Å². The number of carbonyl (C=O) groups is 1. The van der Waals surface area contributed by atoms with Gasteiger partial charge in [0.05, 0.1) is 11.7 Å². The summed E-state index contributed by atoms with van der Waals surface area (Å²) in [6.45, 7) is 0.330. The third-order valence-corrected chi connectivity index (χ3v) is 4.88. The van der Waals surface area contributed by atoms with Crippen LogP contribution in [0.4, 0.5) is 10.5 Å². The highest BCUT2D eigenvalue weighted by atomic mass is 16.6. The summed E-state index contributed by atoms with van der Waals surface area (Å²) < 4.78 is 6.83. The Morgan fingerprint density at radius 1 is 1.23 bits per heavy atom. The zero-order valence-electron chi connectivity index (χ0n) is 13.7. The maximum Gasteiger partial charge on any atom is 0.415 e. The molecule has 9 heteroatoms. The van der Waals surface area contributed by atoms with Crippen molar-refractivity contribution in [3.8, 4) is 16.9 Å². The Kier molecular flexibility index (Phi) is 3.22. The standard InChI is InChI=1S/C17H15N7O2/c18-7-15-14-6-12-5-10(1-3-13(12)24(14)17(25)26-15)11-2-4-16(19-8-11)23-9-20-21-22-23/h1-5,8-9,14-15H,6-7,18H2/t14-,15?/m0/s1. The van der Waals surface area contributed by atoms with Crippen molar-refractivity contribution >= 4 is 11.8 Å². The molecular weight excluding hydrogens is 334 g/mol. The van der Waals surface area contributed by atoms with Crippen molar-refractivity contribution in [2.24, 2.45) is 5.73 Å². The van der Waals surface area contributed by atoms with E-state index in [1.165, 1.54) is 11.0 Å². The van der Waals surface area contributed by atoms with E-state index in [-0.39, 0.29) is 18.2 Å². The van der Waals surface area contributed by atoms with E-state index in [0.29, 0.717) is 12.4 Å². The minimum atomic E-state index is -0.315. The van der Waals surface area contributed by atoms with Crippen molar-refractivity contribution in [3.63, 3.8) is 0 Å². The predicted octanol–water partition coefficient (Wildman–Crippen LogP) is 0.933. The van der Waals surface area contributed by atoms with E-state index >= 15 is 0 Å². The fourth-order valence-electron chi connectivity index (χ4n) is 3.62. The molecular formula is C17H15N7O2. The minimum absolute atomic E-state index is 0.0157. The summed E-state index contributed by atoms with van der Waals surface area (Å²) in [5, 5.41) is 11.0. The topological polar surface area (TPSA) is 112 Å². The molecule has 26 heavy (non-hydrogen) atoms. The van der Waals surface area contributed by atoms with Crippen molar-refractivity contribution in [3.05, 3.63) is 48.4 Å². The molecule has 0 spiro atoms. The number of fused-ring (bicyclic) bond motifs is 3. The van der Waals surface area contributed by atoms with Gasteiger partial charge in [0.15, 0.2) is 5.82 Å². The zero-order valence-corrected chi connectivity index (χ0v) is 13.7. The monoisotopic (exact) mass is 349 g/mol. The number of nitrogens with zero attached hydrogens (tertiary/aromatic N) is 6. The van der Waals surface area contributed by atoms with Crippen molar-refractivity contribution < 1.29 is 9.53 Å². The molecule has 4 heterocycles. The summed E-state index contributed by atoms with van der Waals surface area (Å²) in [7, 11) is 0. The minimum Gasteiger partial charge on any atom is -0.442 e. The molecule has 0 bridgehead atoms. The second-order valence-electron chi connectivity index (χ2n) is 6.30. The molecule has 2 N–H and O–H groups in total. The van der Waals surface area contributed by atoms with Gasteiger partial charge in [-0.2, -0.15) is 4.68 Å². The van der Waals surface area contributed by atoms with Crippen LogP contribution in [0, 0.1) is 0 Å². The van der Waals surface area contributed by atoms with E-state index in [4.69, 9.17) is 10.5 Å². The molecule has 2 aromatic heterocycles. The van der Waals surface area contributed by atoms with Gasteiger partial charge in [0.1, 0.15) is 12.4 Å². The molecule has 9 nitrogen and oxygen atoms in total. The first-order valence-corrected chi connectivity index (χ1v) is 8.27. The van der Waals surface area contributed by atoms with E-state index in [9.17, 15) is 4.79 Å². The van der Waals surface area contributed by atoms with Crippen molar-refractivity contribution in [2.45, 2.75) is 18.6 Å². The number of anilines is 1. The molecule has 3 aromatic rings. The Hall–Kier alpha value is -3.33. The molecule has 0 saturated carbocycles. The molecule has 2 aliphatic rings. The summed E-state index contributed by atoms with van der Waals surface area (Å²) in [6.07, 6.45) is 3.45. The third-order valence-electron chi connectivity index (χ3n) is 4.88. The highest BCUT2D eigenvalue weighted by Gasteiger charge is 2.46. The lowest BCUT2D eigenvalue weighted by Gasteiger charge is -2.14. The number of cyclic esters (lactones) is 1. The van der Waals surface area contributed by atoms with Crippen molar-refractivity contribution in [1.82, 2.24) is 25.2 Å². The smallest absolute Gasteiger partial charge is 0.415 e. The van der Waals surface area contributed by atoms with Crippen LogP contribution in [0.25, 0.3) is 16.9 Å². The fraction of sp³-hybridized carbons (Fsp3) is 0.235. The lowest BCUT2D eigenvalue weighted by atomic mass is 10.0. The maximum atomic E-state index is 12.1. The Morgan fingerprint density at radius 3 is 2.85 bits per heavy atom. The van der Waals surface area contributed by atoms with E-state index < -0.39 is 0 Å². The molecule has 1 unspecified atom stereocenters. The van der Waals surface area contributed by atoms with Crippen LogP contribution < -0.4 is 10.6 Å². The van der Waals surface area contributed by atoms with Crippen molar-refractivity contribution in [1.29, 1.82) is 0 Å². The van der Waals surface area contributed by atoms with Crippen LogP contribution in [0.2, 0.25) is 0 Å². The van der Waals surface area contributed by atoms with E-state index in [0.717, 1.165) is 28.8 Å². The molecule has 1 fully saturated rings. The number of tetrazole rings is 1. The number of hydrogen-bond acceptors (Lipinski definition) is 7. The highest BCUT2D eigenvalue weighted by molar-refractivity contribution is 5.94. The molecule has 0 aliphatic carbocycles. The zero-order chi connectivity index (χ0) is 17.7. The molecule has 2 aliphatic heterocycles. The van der Waals surface area contributed by atoms with Crippen LogP contribution in [0.3, 0.4) is 0 Å². The summed E-state index contributed by atoms with van der Waals surface area (Å²) in [6, 6.07) is 9.86. The number of carbonyl (C=O) groups excluding carboxylic acids is 1. The van der Waals surface area contributed by atoms with Gasteiger partial charge in [-0.15, -0.1) is 5.10 Å². The average molecular weight is 349 g/mol. The SMILES string of the molecule is NCC1OC(=O)N2c3ccc(-c4ccc(-n5cnnn5)nc4)cc3C[C@@H]12. The highest BCUT2D eigenvalue weighted by Crippen LogP contribution is 2.40. The van der Waals surface area contributed by atoms with Gasteiger partial charge in [-0.05, 0) is 52.2 Å². The van der Waals surface area contributed by atoms with Crippen LogP contribution in [0.1, 0.15) is 5.56 Å². The summed E-state index contributed by atoms with van der Waals surface area (Å²) in [5.41, 5.74) is 9.77. The Bertz CT molecular complexity index is 971. The van der Waals surface area contributed by atoms with Gasteiger partial charge in [0, 0.05) is 18.3 Å². The van der Waals surface area contributed by atoms with Crippen LogP contribution in [0.5, 0.6) is 0 Å². The number of ether oxygens (including phenoxy) is 1.